The molecular weight excluding hydrogens is 644 g/mol. The molecule has 49 heavy (non-hydrogen) atoms. The number of amides is 2. The Balaban J connectivity index is 1.10. The molecule has 5 aromatic rings. The summed E-state index contributed by atoms with van der Waals surface area (Å²) in [4.78, 5) is 27.7. The number of aromatic nitrogens is 2. The number of hydrogen-bond donors (Lipinski definition) is 2. The summed E-state index contributed by atoms with van der Waals surface area (Å²) in [6.07, 6.45) is 4.57. The van der Waals surface area contributed by atoms with E-state index in [1.807, 2.05) is 62.5 Å². The molecule has 2 amide bonds. The maximum Gasteiger partial charge on any atom is 0.294 e. The van der Waals surface area contributed by atoms with E-state index in [9.17, 15) is 22.6 Å². The molecule has 0 radical (unpaired) electrons. The Morgan fingerprint density at radius 2 is 1.80 bits per heavy atom. The summed E-state index contributed by atoms with van der Waals surface area (Å²) in [5.41, 5.74) is 6.05. The van der Waals surface area contributed by atoms with Crippen LogP contribution in [-0.2, 0) is 21.5 Å². The van der Waals surface area contributed by atoms with Gasteiger partial charge in [0.2, 0.25) is 5.91 Å². The van der Waals surface area contributed by atoms with Crippen LogP contribution in [0, 0.1) is 13.8 Å². The third kappa shape index (κ3) is 7.82. The summed E-state index contributed by atoms with van der Waals surface area (Å²) in [6, 6.07) is 24.1. The van der Waals surface area contributed by atoms with Crippen molar-refractivity contribution in [2.75, 3.05) is 30.0 Å². The highest BCUT2D eigenvalue weighted by Gasteiger charge is 2.26. The molecule has 0 unspecified atom stereocenters. The highest BCUT2D eigenvalue weighted by molar-refractivity contribution is 7.85. The van der Waals surface area contributed by atoms with Crippen LogP contribution in [0.4, 0.5) is 11.4 Å². The second-order valence-corrected chi connectivity index (χ2v) is 13.2. The van der Waals surface area contributed by atoms with Crippen LogP contribution in [0.5, 0.6) is 11.5 Å². The van der Waals surface area contributed by atoms with Crippen LogP contribution in [0.1, 0.15) is 39.9 Å². The summed E-state index contributed by atoms with van der Waals surface area (Å²) in [6.45, 7) is 5.74. The molecule has 2 N–H and O–H groups in total. The van der Waals surface area contributed by atoms with E-state index in [4.69, 9.17) is 9.47 Å². The number of carbonyl (C=O) groups excluding carboxylic acids is 2. The topological polar surface area (TPSA) is 140 Å². The van der Waals surface area contributed by atoms with Crippen LogP contribution in [0.3, 0.4) is 0 Å². The average molecular weight is 681 g/mol. The zero-order valence-corrected chi connectivity index (χ0v) is 27.9. The molecule has 0 spiro atoms. The van der Waals surface area contributed by atoms with E-state index >= 15 is 0 Å². The Bertz CT molecular complexity index is 2130. The molecule has 1 aromatic heterocycles. The normalized spacial score (nSPS) is 12.6. The quantitative estimate of drug-likeness (QED) is 0.122. The van der Waals surface area contributed by atoms with Gasteiger partial charge in [-0.25, -0.2) is 0 Å². The largest absolute Gasteiger partial charge is 0.493 e. The molecule has 0 saturated carbocycles. The molecule has 1 aliphatic rings. The fraction of sp³-hybridized carbons (Fsp3) is 0.216. The Morgan fingerprint density at radius 3 is 2.63 bits per heavy atom. The second-order valence-electron chi connectivity index (χ2n) is 11.8. The number of nitrogens with zero attached hydrogens (tertiary/aromatic N) is 3. The maximum absolute atomic E-state index is 13.3. The highest BCUT2D eigenvalue weighted by atomic mass is 32.2. The number of para-hydroxylation sites is 1. The van der Waals surface area contributed by atoms with Gasteiger partial charge in [0, 0.05) is 35.0 Å². The van der Waals surface area contributed by atoms with Crippen molar-refractivity contribution in [1.29, 1.82) is 0 Å². The lowest BCUT2D eigenvalue weighted by molar-refractivity contribution is -0.119. The Morgan fingerprint density at radius 1 is 1.00 bits per heavy atom. The molecule has 0 fully saturated rings. The molecule has 1 aliphatic heterocycles. The molecule has 0 bridgehead atoms. The molecule has 6 rings (SSSR count). The summed E-state index contributed by atoms with van der Waals surface area (Å²) < 4.78 is 46.1. The van der Waals surface area contributed by atoms with Crippen LogP contribution < -0.4 is 19.7 Å². The smallest absolute Gasteiger partial charge is 0.294 e. The van der Waals surface area contributed by atoms with Gasteiger partial charge in [-0.05, 0) is 79.4 Å². The number of nitrogens with one attached hydrogen (secondary N) is 1. The number of fused-ring (bicyclic) bond motifs is 1. The molecule has 2 heterocycles. The Hall–Kier alpha value is -5.46. The Kier molecular flexibility index (Phi) is 9.79. The fourth-order valence-corrected chi connectivity index (χ4v) is 6.21. The summed E-state index contributed by atoms with van der Waals surface area (Å²) >= 11 is 0. The lowest BCUT2D eigenvalue weighted by atomic mass is 10.1. The lowest BCUT2D eigenvalue weighted by Crippen LogP contribution is -2.38. The van der Waals surface area contributed by atoms with E-state index in [1.54, 1.807) is 34.0 Å². The van der Waals surface area contributed by atoms with Gasteiger partial charge in [-0.15, -0.1) is 0 Å². The van der Waals surface area contributed by atoms with Crippen LogP contribution in [0.2, 0.25) is 0 Å². The number of benzene rings is 4. The molecule has 0 atom stereocenters. The maximum atomic E-state index is 13.3. The predicted octanol–water partition coefficient (Wildman–Crippen LogP) is 6.30. The van der Waals surface area contributed by atoms with E-state index in [1.165, 1.54) is 29.8 Å². The van der Waals surface area contributed by atoms with E-state index in [0.29, 0.717) is 50.5 Å². The van der Waals surface area contributed by atoms with Gasteiger partial charge in [0.1, 0.15) is 12.4 Å². The average Bonchev–Trinajstić information content (AvgIpc) is 3.55. The first kappa shape index (κ1) is 33.4. The molecule has 4 aromatic carbocycles. The van der Waals surface area contributed by atoms with Gasteiger partial charge in [0.25, 0.3) is 16.0 Å². The van der Waals surface area contributed by atoms with Crippen molar-refractivity contribution in [2.45, 2.75) is 38.1 Å². The number of carbonyl (C=O) groups is 2. The number of rotatable bonds is 11. The molecule has 11 nitrogen and oxygen atoms in total. The molecule has 0 aliphatic carbocycles. The van der Waals surface area contributed by atoms with Gasteiger partial charge in [-0.1, -0.05) is 42.5 Å². The molecule has 252 valence electrons. The monoisotopic (exact) mass is 680 g/mol. The van der Waals surface area contributed by atoms with Crippen molar-refractivity contribution in [2.24, 2.45) is 0 Å². The number of aryl methyl sites for hydroxylation is 1. The van der Waals surface area contributed by atoms with Gasteiger partial charge >= 0.3 is 0 Å². The van der Waals surface area contributed by atoms with Crippen LogP contribution in [0.25, 0.3) is 11.1 Å². The molecule has 12 heteroatoms. The highest BCUT2D eigenvalue weighted by Crippen LogP contribution is 2.41. The second kappa shape index (κ2) is 14.3. The number of hydrogen-bond acceptors (Lipinski definition) is 7. The third-order valence-corrected chi connectivity index (χ3v) is 9.21. The summed E-state index contributed by atoms with van der Waals surface area (Å²) in [5, 5.41) is 7.21. The van der Waals surface area contributed by atoms with E-state index in [-0.39, 0.29) is 16.5 Å². The minimum atomic E-state index is -4.40. The Labute approximate surface area is 284 Å². The zero-order valence-electron chi connectivity index (χ0n) is 27.1. The van der Waals surface area contributed by atoms with E-state index in [0.717, 1.165) is 33.7 Å². The third-order valence-electron chi connectivity index (χ3n) is 8.36. The van der Waals surface area contributed by atoms with Gasteiger partial charge in [-0.3, -0.25) is 18.8 Å². The van der Waals surface area contributed by atoms with Crippen molar-refractivity contribution in [3.05, 3.63) is 120 Å². The van der Waals surface area contributed by atoms with Crippen molar-refractivity contribution in [1.82, 2.24) is 9.78 Å². The van der Waals surface area contributed by atoms with Crippen molar-refractivity contribution >= 4 is 33.3 Å². The predicted molar refractivity (Wildman–Crippen MR) is 186 cm³/mol. The van der Waals surface area contributed by atoms with E-state index < -0.39 is 16.0 Å². The number of anilines is 2. The van der Waals surface area contributed by atoms with Crippen molar-refractivity contribution in [3.63, 3.8) is 0 Å². The summed E-state index contributed by atoms with van der Waals surface area (Å²) in [5.74, 6) is 1.05. The van der Waals surface area contributed by atoms with Crippen molar-refractivity contribution in [3.8, 4) is 22.6 Å². The summed E-state index contributed by atoms with van der Waals surface area (Å²) in [7, 11) is -4.40. The minimum absolute atomic E-state index is 0.0111. The standard InChI is InChI=1S/C37H36N4O7S/c1-25-8-3-15-34(26(25)2)47-18-7-16-35(42)41-17-19-48-36-32(13-6-14-33(36)41)29-22-38-40(24-29)23-27-9-4-10-28(20-27)37(43)39-30-11-5-12-31(21-30)49(44,45)46/h3-6,8-15,20-22,24H,7,16-19,23H2,1-2H3,(H,39,43)(H,44,45,46). The molecule has 0 saturated heterocycles. The van der Waals surface area contributed by atoms with Gasteiger partial charge < -0.3 is 19.7 Å². The van der Waals surface area contributed by atoms with Gasteiger partial charge in [0.05, 0.1) is 36.5 Å². The minimum Gasteiger partial charge on any atom is -0.493 e. The first-order valence-corrected chi connectivity index (χ1v) is 17.3. The number of ether oxygens (including phenoxy) is 2. The fourth-order valence-electron chi connectivity index (χ4n) is 5.68. The lowest BCUT2D eigenvalue weighted by Gasteiger charge is -2.31. The van der Waals surface area contributed by atoms with Crippen LogP contribution in [-0.4, -0.2) is 54.3 Å². The zero-order chi connectivity index (χ0) is 34.5. The van der Waals surface area contributed by atoms with Crippen LogP contribution in [0.15, 0.2) is 102 Å². The van der Waals surface area contributed by atoms with Gasteiger partial charge in [-0.2, -0.15) is 13.5 Å². The first-order valence-electron chi connectivity index (χ1n) is 15.8. The van der Waals surface area contributed by atoms with Crippen LogP contribution >= 0.6 is 0 Å². The SMILES string of the molecule is Cc1cccc(OCCCC(=O)N2CCOc3c(-c4cnn(Cc5cccc(C(=O)Nc6cccc(S(=O)(=O)O)c6)c5)c4)cccc32)c1C. The molecular formula is C37H36N4O7S. The van der Waals surface area contributed by atoms with Crippen molar-refractivity contribution < 1.29 is 32.0 Å². The van der Waals surface area contributed by atoms with E-state index in [2.05, 4.69) is 10.4 Å². The first-order chi connectivity index (χ1) is 23.6. The van der Waals surface area contributed by atoms with Gasteiger partial charge in [0.15, 0.2) is 5.75 Å².